The van der Waals surface area contributed by atoms with Crippen molar-refractivity contribution in [2.75, 3.05) is 18.8 Å². The first-order valence-electron chi connectivity index (χ1n) is 13.5. The van der Waals surface area contributed by atoms with Gasteiger partial charge in [0.15, 0.2) is 9.84 Å². The lowest BCUT2D eigenvalue weighted by atomic mass is 9.86. The van der Waals surface area contributed by atoms with Crippen molar-refractivity contribution in [3.63, 3.8) is 0 Å². The van der Waals surface area contributed by atoms with E-state index >= 15 is 0 Å². The van der Waals surface area contributed by atoms with E-state index in [1.807, 2.05) is 23.1 Å². The topological polar surface area (TPSA) is 72.3 Å². The van der Waals surface area contributed by atoms with Gasteiger partial charge < -0.3 is 4.90 Å². The summed E-state index contributed by atoms with van der Waals surface area (Å²) in [7, 11) is -3.22. The molecule has 2 aliphatic rings. The van der Waals surface area contributed by atoms with Crippen LogP contribution in [-0.2, 0) is 21.1 Å². The number of amides is 1. The summed E-state index contributed by atoms with van der Waals surface area (Å²) in [4.78, 5) is 15.8. The van der Waals surface area contributed by atoms with Gasteiger partial charge in [-0.3, -0.25) is 9.48 Å². The van der Waals surface area contributed by atoms with Crippen LogP contribution in [0.25, 0.3) is 0 Å². The second-order valence-corrected chi connectivity index (χ2v) is 13.1. The van der Waals surface area contributed by atoms with Crippen LogP contribution in [0.3, 0.4) is 0 Å². The minimum Gasteiger partial charge on any atom is -0.341 e. The Morgan fingerprint density at radius 1 is 1.00 bits per heavy atom. The third kappa shape index (κ3) is 5.52. The molecular formula is C30H37N3O3S. The van der Waals surface area contributed by atoms with Gasteiger partial charge in [0, 0.05) is 49.0 Å². The molecule has 3 aromatic rings. The number of carbonyl (C=O) groups excluding carboxylic acids is 1. The van der Waals surface area contributed by atoms with E-state index in [2.05, 4.69) is 48.9 Å². The van der Waals surface area contributed by atoms with Gasteiger partial charge in [0.2, 0.25) is 5.91 Å². The zero-order valence-electron chi connectivity index (χ0n) is 22.0. The third-order valence-electron chi connectivity index (χ3n) is 7.84. The van der Waals surface area contributed by atoms with Crippen molar-refractivity contribution in [1.29, 1.82) is 0 Å². The molecule has 6 nitrogen and oxygen atoms in total. The van der Waals surface area contributed by atoms with Crippen molar-refractivity contribution in [2.45, 2.75) is 75.1 Å². The van der Waals surface area contributed by atoms with Gasteiger partial charge in [0.05, 0.1) is 16.3 Å². The number of nitrogens with zero attached hydrogens (tertiary/aromatic N) is 3. The molecule has 0 spiro atoms. The second-order valence-electron chi connectivity index (χ2n) is 10.8. The number of aromatic nitrogens is 2. The Bertz CT molecular complexity index is 1340. The number of hydrogen-bond acceptors (Lipinski definition) is 4. The standard InChI is InChI=1S/C30H37N3O3S/c1-4-37(35,36)25-15-10-22(11-16-25)12-17-30(34)32-19-26(23-8-6-5-7-9-23)27(20-32)29-18-28(24-13-14-24)31-33(29)21(2)3/h5-11,15-16,18,21,24,26-27H,4,12-14,17,19-20H2,1-3H3/t26-,27+/m0/s1. The summed E-state index contributed by atoms with van der Waals surface area (Å²) in [5, 5.41) is 4.99. The summed E-state index contributed by atoms with van der Waals surface area (Å²) in [5.74, 6) is 1.25. The van der Waals surface area contributed by atoms with Crippen LogP contribution in [-0.4, -0.2) is 47.8 Å². The Hall–Kier alpha value is -2.93. The van der Waals surface area contributed by atoms with Crippen molar-refractivity contribution in [2.24, 2.45) is 0 Å². The lowest BCUT2D eigenvalue weighted by Crippen LogP contribution is -2.29. The minimum absolute atomic E-state index is 0.0847. The molecule has 2 aromatic carbocycles. The van der Waals surface area contributed by atoms with Crippen molar-refractivity contribution in [3.05, 3.63) is 83.2 Å². The van der Waals surface area contributed by atoms with E-state index in [1.54, 1.807) is 19.1 Å². The zero-order valence-corrected chi connectivity index (χ0v) is 22.8. The number of rotatable bonds is 9. The molecule has 1 saturated heterocycles. The maximum absolute atomic E-state index is 13.4. The molecule has 0 unspecified atom stereocenters. The number of likely N-dealkylation sites (tertiary alicyclic amines) is 1. The maximum atomic E-state index is 13.4. The van der Waals surface area contributed by atoms with Crippen LogP contribution in [0.15, 0.2) is 65.6 Å². The molecule has 2 fully saturated rings. The Morgan fingerprint density at radius 2 is 1.68 bits per heavy atom. The van der Waals surface area contributed by atoms with Crippen LogP contribution >= 0.6 is 0 Å². The van der Waals surface area contributed by atoms with E-state index in [0.717, 1.165) is 5.56 Å². The Labute approximate surface area is 220 Å². The predicted octanol–water partition coefficient (Wildman–Crippen LogP) is 5.48. The smallest absolute Gasteiger partial charge is 0.222 e. The number of hydrogen-bond donors (Lipinski definition) is 0. The molecule has 1 amide bonds. The summed E-state index contributed by atoms with van der Waals surface area (Å²) >= 11 is 0. The van der Waals surface area contributed by atoms with Gasteiger partial charge in [-0.25, -0.2) is 8.42 Å². The predicted molar refractivity (Wildman–Crippen MR) is 146 cm³/mol. The summed E-state index contributed by atoms with van der Waals surface area (Å²) in [6.45, 7) is 7.39. The summed E-state index contributed by atoms with van der Waals surface area (Å²) in [6.07, 6.45) is 3.44. The van der Waals surface area contributed by atoms with Crippen LogP contribution in [0.2, 0.25) is 0 Å². The van der Waals surface area contributed by atoms with E-state index in [0.29, 0.717) is 36.7 Å². The quantitative estimate of drug-likeness (QED) is 0.375. The average Bonchev–Trinajstić information content (AvgIpc) is 3.50. The molecule has 37 heavy (non-hydrogen) atoms. The lowest BCUT2D eigenvalue weighted by molar-refractivity contribution is -0.130. The van der Waals surface area contributed by atoms with E-state index in [4.69, 9.17) is 5.10 Å². The van der Waals surface area contributed by atoms with Gasteiger partial charge in [-0.15, -0.1) is 0 Å². The van der Waals surface area contributed by atoms with Crippen LogP contribution in [0.5, 0.6) is 0 Å². The van der Waals surface area contributed by atoms with E-state index < -0.39 is 9.84 Å². The Kier molecular flexibility index (Phi) is 7.26. The highest BCUT2D eigenvalue weighted by Gasteiger charge is 2.40. The highest BCUT2D eigenvalue weighted by molar-refractivity contribution is 7.91. The number of sulfone groups is 1. The van der Waals surface area contributed by atoms with E-state index in [9.17, 15) is 13.2 Å². The van der Waals surface area contributed by atoms with Crippen LogP contribution in [0.4, 0.5) is 0 Å². The molecule has 7 heteroatoms. The van der Waals surface area contributed by atoms with Crippen LogP contribution in [0.1, 0.15) is 86.3 Å². The maximum Gasteiger partial charge on any atom is 0.222 e. The van der Waals surface area contributed by atoms with Gasteiger partial charge in [0.1, 0.15) is 0 Å². The number of carbonyl (C=O) groups is 1. The molecular weight excluding hydrogens is 482 g/mol. The largest absolute Gasteiger partial charge is 0.341 e. The van der Waals surface area contributed by atoms with Crippen molar-refractivity contribution >= 4 is 15.7 Å². The van der Waals surface area contributed by atoms with Gasteiger partial charge in [0.25, 0.3) is 0 Å². The minimum atomic E-state index is -3.22. The summed E-state index contributed by atoms with van der Waals surface area (Å²) < 4.78 is 26.4. The van der Waals surface area contributed by atoms with Crippen molar-refractivity contribution in [1.82, 2.24) is 14.7 Å². The third-order valence-corrected chi connectivity index (χ3v) is 9.59. The number of benzene rings is 2. The molecule has 0 N–H and O–H groups in total. The average molecular weight is 520 g/mol. The van der Waals surface area contributed by atoms with Crippen LogP contribution < -0.4 is 0 Å². The lowest BCUT2D eigenvalue weighted by Gasteiger charge is -2.21. The Balaban J connectivity index is 1.34. The molecule has 1 aliphatic heterocycles. The molecule has 0 bridgehead atoms. The van der Waals surface area contributed by atoms with Gasteiger partial charge >= 0.3 is 0 Å². The van der Waals surface area contributed by atoms with Crippen molar-refractivity contribution in [3.8, 4) is 0 Å². The molecule has 5 rings (SSSR count). The van der Waals surface area contributed by atoms with E-state index in [1.165, 1.54) is 29.8 Å². The fourth-order valence-corrected chi connectivity index (χ4v) is 6.37. The van der Waals surface area contributed by atoms with E-state index in [-0.39, 0.29) is 29.5 Å². The first-order chi connectivity index (χ1) is 17.8. The summed E-state index contributed by atoms with van der Waals surface area (Å²) in [5.41, 5.74) is 4.69. The monoisotopic (exact) mass is 519 g/mol. The Morgan fingerprint density at radius 3 is 2.30 bits per heavy atom. The molecule has 2 heterocycles. The fourth-order valence-electron chi connectivity index (χ4n) is 5.48. The molecule has 0 radical (unpaired) electrons. The molecule has 2 atom stereocenters. The SMILES string of the molecule is CCS(=O)(=O)c1ccc(CCC(=O)N2C[C@@H](c3ccccc3)[C@H](c3cc(C4CC4)nn3C(C)C)C2)cc1. The summed E-state index contributed by atoms with van der Waals surface area (Å²) in [6, 6.07) is 20.1. The van der Waals surface area contributed by atoms with Gasteiger partial charge in [-0.1, -0.05) is 49.4 Å². The molecule has 196 valence electrons. The molecule has 1 aliphatic carbocycles. The highest BCUT2D eigenvalue weighted by Crippen LogP contribution is 2.44. The first-order valence-corrected chi connectivity index (χ1v) is 15.2. The molecule has 1 saturated carbocycles. The second kappa shape index (κ2) is 10.4. The van der Waals surface area contributed by atoms with Gasteiger partial charge in [-0.05, 0) is 62.4 Å². The van der Waals surface area contributed by atoms with Crippen LogP contribution in [0, 0.1) is 0 Å². The van der Waals surface area contributed by atoms with Gasteiger partial charge in [-0.2, -0.15) is 5.10 Å². The van der Waals surface area contributed by atoms with Crippen molar-refractivity contribution < 1.29 is 13.2 Å². The molecule has 1 aromatic heterocycles. The zero-order chi connectivity index (χ0) is 26.2. The normalized spacial score (nSPS) is 20.1. The first kappa shape index (κ1) is 25.7. The number of aryl methyl sites for hydroxylation is 1. The fraction of sp³-hybridized carbons (Fsp3) is 0.467. The highest BCUT2D eigenvalue weighted by atomic mass is 32.2.